The van der Waals surface area contributed by atoms with E-state index in [4.69, 9.17) is 0 Å². The van der Waals surface area contributed by atoms with Gasteiger partial charge in [0.05, 0.1) is 4.90 Å². The number of phenolic OH excluding ortho intramolecular Hbond substituents is 2. The summed E-state index contributed by atoms with van der Waals surface area (Å²) < 4.78 is 0. The van der Waals surface area contributed by atoms with E-state index in [2.05, 4.69) is 0 Å². The molecule has 2 aromatic carbocycles. The molecule has 0 aliphatic carbocycles. The number of phenols is 2. The first kappa shape index (κ1) is 9.93. The molecular weight excluding hydrogens is 208 g/mol. The van der Waals surface area contributed by atoms with Crippen LogP contribution in [0.5, 0.6) is 11.5 Å². The van der Waals surface area contributed by atoms with Crippen molar-refractivity contribution in [2.24, 2.45) is 0 Å². The molecule has 3 heteroatoms. The number of hydrogen-bond donors (Lipinski definition) is 2. The third kappa shape index (κ3) is 2.44. The molecule has 0 fully saturated rings. The van der Waals surface area contributed by atoms with E-state index in [1.165, 1.54) is 11.8 Å². The summed E-state index contributed by atoms with van der Waals surface area (Å²) in [5.74, 6) is 0.487. The smallest absolute Gasteiger partial charge is 0.129 e. The zero-order valence-electron chi connectivity index (χ0n) is 7.92. The second-order valence-corrected chi connectivity index (χ2v) is 4.18. The van der Waals surface area contributed by atoms with E-state index in [0.717, 1.165) is 9.79 Å². The Morgan fingerprint density at radius 2 is 1.67 bits per heavy atom. The summed E-state index contributed by atoms with van der Waals surface area (Å²) >= 11 is 1.42. The molecular formula is C12H10O2S. The summed E-state index contributed by atoms with van der Waals surface area (Å²) in [6.07, 6.45) is 0. The molecule has 15 heavy (non-hydrogen) atoms. The van der Waals surface area contributed by atoms with E-state index in [1.807, 2.05) is 18.2 Å². The van der Waals surface area contributed by atoms with Gasteiger partial charge in [-0.25, -0.2) is 0 Å². The maximum absolute atomic E-state index is 9.56. The van der Waals surface area contributed by atoms with Crippen LogP contribution in [0, 0.1) is 0 Å². The van der Waals surface area contributed by atoms with Crippen molar-refractivity contribution in [2.45, 2.75) is 9.79 Å². The SMILES string of the molecule is Oc1cccc(Sc2ccccc2O)c1. The highest BCUT2D eigenvalue weighted by Crippen LogP contribution is 2.34. The van der Waals surface area contributed by atoms with Crippen molar-refractivity contribution < 1.29 is 10.2 Å². The Bertz CT molecular complexity index is 469. The van der Waals surface area contributed by atoms with Gasteiger partial charge in [0.1, 0.15) is 11.5 Å². The van der Waals surface area contributed by atoms with E-state index in [0.29, 0.717) is 0 Å². The zero-order chi connectivity index (χ0) is 10.7. The summed E-state index contributed by atoms with van der Waals surface area (Å²) in [4.78, 5) is 1.68. The molecule has 0 heterocycles. The molecule has 2 aromatic rings. The predicted molar refractivity (Wildman–Crippen MR) is 60.3 cm³/mol. The lowest BCUT2D eigenvalue weighted by atomic mass is 10.3. The third-order valence-corrected chi connectivity index (χ3v) is 2.97. The Kier molecular flexibility index (Phi) is 2.83. The molecule has 0 aliphatic rings. The van der Waals surface area contributed by atoms with Crippen LogP contribution in [0.4, 0.5) is 0 Å². The molecule has 76 valence electrons. The molecule has 0 saturated heterocycles. The Balaban J connectivity index is 2.26. The highest BCUT2D eigenvalue weighted by Gasteiger charge is 2.02. The Morgan fingerprint density at radius 3 is 2.40 bits per heavy atom. The molecule has 0 spiro atoms. The van der Waals surface area contributed by atoms with Crippen molar-refractivity contribution in [3.63, 3.8) is 0 Å². The molecule has 0 aromatic heterocycles. The standard InChI is InChI=1S/C12H10O2S/c13-9-4-3-5-10(8-9)15-12-7-2-1-6-11(12)14/h1-8,13-14H. The third-order valence-electron chi connectivity index (χ3n) is 1.91. The van der Waals surface area contributed by atoms with Crippen LogP contribution in [0.3, 0.4) is 0 Å². The molecule has 0 saturated carbocycles. The van der Waals surface area contributed by atoms with Crippen molar-refractivity contribution >= 4 is 11.8 Å². The maximum Gasteiger partial charge on any atom is 0.129 e. The number of para-hydroxylation sites is 1. The van der Waals surface area contributed by atoms with Crippen LogP contribution in [0.25, 0.3) is 0 Å². The molecule has 2 rings (SSSR count). The maximum atomic E-state index is 9.56. The van der Waals surface area contributed by atoms with Crippen LogP contribution < -0.4 is 0 Å². The highest BCUT2D eigenvalue weighted by atomic mass is 32.2. The van der Waals surface area contributed by atoms with Crippen molar-refractivity contribution in [3.8, 4) is 11.5 Å². The van der Waals surface area contributed by atoms with E-state index in [-0.39, 0.29) is 11.5 Å². The average Bonchev–Trinajstić information content (AvgIpc) is 2.22. The summed E-state index contributed by atoms with van der Waals surface area (Å²) in [6.45, 7) is 0. The monoisotopic (exact) mass is 218 g/mol. The van der Waals surface area contributed by atoms with Gasteiger partial charge in [-0.05, 0) is 30.3 Å². The van der Waals surface area contributed by atoms with Gasteiger partial charge >= 0.3 is 0 Å². The zero-order valence-corrected chi connectivity index (χ0v) is 8.74. The van der Waals surface area contributed by atoms with Crippen LogP contribution in [-0.2, 0) is 0 Å². The van der Waals surface area contributed by atoms with E-state index in [1.54, 1.807) is 30.3 Å². The van der Waals surface area contributed by atoms with Crippen LogP contribution in [0.1, 0.15) is 0 Å². The number of hydrogen-bond acceptors (Lipinski definition) is 3. The molecule has 2 N–H and O–H groups in total. The van der Waals surface area contributed by atoms with Gasteiger partial charge in [0.15, 0.2) is 0 Å². The summed E-state index contributed by atoms with van der Waals surface area (Å²) in [5.41, 5.74) is 0. The first-order chi connectivity index (χ1) is 7.25. The number of benzene rings is 2. The minimum Gasteiger partial charge on any atom is -0.508 e. The van der Waals surface area contributed by atoms with E-state index < -0.39 is 0 Å². The summed E-state index contributed by atoms with van der Waals surface area (Å²) in [5, 5.41) is 18.8. The van der Waals surface area contributed by atoms with Crippen molar-refractivity contribution in [3.05, 3.63) is 48.5 Å². The van der Waals surface area contributed by atoms with Gasteiger partial charge in [0, 0.05) is 4.90 Å². The summed E-state index contributed by atoms with van der Waals surface area (Å²) in [6, 6.07) is 14.1. The fourth-order valence-corrected chi connectivity index (χ4v) is 2.12. The lowest BCUT2D eigenvalue weighted by molar-refractivity contribution is 0.462. The average molecular weight is 218 g/mol. The van der Waals surface area contributed by atoms with Gasteiger partial charge in [-0.3, -0.25) is 0 Å². The van der Waals surface area contributed by atoms with Crippen molar-refractivity contribution in [1.29, 1.82) is 0 Å². The lowest BCUT2D eigenvalue weighted by Gasteiger charge is -2.03. The van der Waals surface area contributed by atoms with Crippen LogP contribution in [0.15, 0.2) is 58.3 Å². The fraction of sp³-hybridized carbons (Fsp3) is 0. The summed E-state index contributed by atoms with van der Waals surface area (Å²) in [7, 11) is 0. The topological polar surface area (TPSA) is 40.5 Å². The van der Waals surface area contributed by atoms with Gasteiger partial charge in [-0.1, -0.05) is 30.0 Å². The molecule has 0 bridgehead atoms. The minimum absolute atomic E-state index is 0.232. The minimum atomic E-state index is 0.232. The van der Waals surface area contributed by atoms with E-state index >= 15 is 0 Å². The Labute approximate surface area is 92.2 Å². The quantitative estimate of drug-likeness (QED) is 0.812. The van der Waals surface area contributed by atoms with Gasteiger partial charge < -0.3 is 10.2 Å². The van der Waals surface area contributed by atoms with Crippen molar-refractivity contribution in [1.82, 2.24) is 0 Å². The fourth-order valence-electron chi connectivity index (χ4n) is 1.22. The van der Waals surface area contributed by atoms with Crippen LogP contribution in [0.2, 0.25) is 0 Å². The Morgan fingerprint density at radius 1 is 0.867 bits per heavy atom. The molecule has 0 unspecified atom stereocenters. The van der Waals surface area contributed by atoms with Gasteiger partial charge in [-0.2, -0.15) is 0 Å². The first-order valence-corrected chi connectivity index (χ1v) is 5.32. The van der Waals surface area contributed by atoms with E-state index in [9.17, 15) is 10.2 Å². The molecule has 0 atom stereocenters. The Hall–Kier alpha value is -1.61. The highest BCUT2D eigenvalue weighted by molar-refractivity contribution is 7.99. The normalized spacial score (nSPS) is 10.1. The molecule has 2 nitrogen and oxygen atoms in total. The second kappa shape index (κ2) is 4.28. The lowest BCUT2D eigenvalue weighted by Crippen LogP contribution is -1.74. The predicted octanol–water partition coefficient (Wildman–Crippen LogP) is 3.25. The largest absolute Gasteiger partial charge is 0.508 e. The van der Waals surface area contributed by atoms with Crippen LogP contribution in [-0.4, -0.2) is 10.2 Å². The van der Waals surface area contributed by atoms with Crippen molar-refractivity contribution in [2.75, 3.05) is 0 Å². The molecule has 0 radical (unpaired) electrons. The molecule has 0 aliphatic heterocycles. The van der Waals surface area contributed by atoms with Crippen LogP contribution >= 0.6 is 11.8 Å². The first-order valence-electron chi connectivity index (χ1n) is 4.50. The van der Waals surface area contributed by atoms with Gasteiger partial charge in [0.25, 0.3) is 0 Å². The number of rotatable bonds is 2. The van der Waals surface area contributed by atoms with Gasteiger partial charge in [0.2, 0.25) is 0 Å². The number of aromatic hydroxyl groups is 2. The second-order valence-electron chi connectivity index (χ2n) is 3.07. The van der Waals surface area contributed by atoms with Gasteiger partial charge in [-0.15, -0.1) is 0 Å². The molecule has 0 amide bonds.